The molecule has 0 amide bonds. The highest BCUT2D eigenvalue weighted by Gasteiger charge is 2.16. The maximum Gasteiger partial charge on any atom is 0.323 e. The van der Waals surface area contributed by atoms with Crippen LogP contribution in [0.25, 0.3) is 11.0 Å². The van der Waals surface area contributed by atoms with Crippen molar-refractivity contribution >= 4 is 38.3 Å². The first-order valence-electron chi connectivity index (χ1n) is 5.80. The van der Waals surface area contributed by atoms with Crippen LogP contribution in [0.1, 0.15) is 0 Å². The number of hydrogen-bond acceptors (Lipinski definition) is 4. The van der Waals surface area contributed by atoms with Crippen molar-refractivity contribution in [3.63, 3.8) is 0 Å². The Labute approximate surface area is 124 Å². The van der Waals surface area contributed by atoms with Crippen LogP contribution in [0.5, 0.6) is 0 Å². The SMILES string of the molecule is O=c1[nH]c2ccc(S(=O)(=O)Nc3cnccc3Cl)cc2[nH]1. The number of rotatable bonds is 3. The van der Waals surface area contributed by atoms with Crippen molar-refractivity contribution < 1.29 is 8.42 Å². The Morgan fingerprint density at radius 2 is 1.90 bits per heavy atom. The van der Waals surface area contributed by atoms with E-state index >= 15 is 0 Å². The molecule has 2 aromatic heterocycles. The van der Waals surface area contributed by atoms with Gasteiger partial charge in [-0.25, -0.2) is 13.2 Å². The molecule has 7 nitrogen and oxygen atoms in total. The molecule has 3 aromatic rings. The van der Waals surface area contributed by atoms with Gasteiger partial charge in [-0.2, -0.15) is 0 Å². The molecule has 0 aliphatic heterocycles. The first-order valence-corrected chi connectivity index (χ1v) is 7.66. The number of halogens is 1. The number of nitrogens with zero attached hydrogens (tertiary/aromatic N) is 1. The highest BCUT2D eigenvalue weighted by atomic mass is 35.5. The first kappa shape index (κ1) is 13.7. The van der Waals surface area contributed by atoms with Crippen molar-refractivity contribution in [3.05, 3.63) is 52.2 Å². The third kappa shape index (κ3) is 2.63. The van der Waals surface area contributed by atoms with Crippen LogP contribution in [0.15, 0.2) is 46.3 Å². The van der Waals surface area contributed by atoms with Crippen LogP contribution >= 0.6 is 11.6 Å². The third-order valence-electron chi connectivity index (χ3n) is 2.81. The molecule has 9 heteroatoms. The number of aromatic amines is 2. The molecular formula is C12H9ClN4O3S. The molecule has 0 bridgehead atoms. The summed E-state index contributed by atoms with van der Waals surface area (Å²) in [5.41, 5.74) is 0.711. The van der Waals surface area contributed by atoms with E-state index in [9.17, 15) is 13.2 Å². The largest absolute Gasteiger partial charge is 0.323 e. The molecule has 0 atom stereocenters. The molecule has 3 rings (SSSR count). The van der Waals surface area contributed by atoms with Gasteiger partial charge in [-0.3, -0.25) is 9.71 Å². The molecule has 0 unspecified atom stereocenters. The topological polar surface area (TPSA) is 108 Å². The number of fused-ring (bicyclic) bond motifs is 1. The van der Waals surface area contributed by atoms with Gasteiger partial charge in [-0.15, -0.1) is 0 Å². The van der Waals surface area contributed by atoms with Gasteiger partial charge >= 0.3 is 5.69 Å². The van der Waals surface area contributed by atoms with E-state index in [0.29, 0.717) is 11.0 Å². The zero-order valence-electron chi connectivity index (χ0n) is 10.4. The minimum absolute atomic E-state index is 0.00479. The monoisotopic (exact) mass is 324 g/mol. The Kier molecular flexibility index (Phi) is 3.19. The summed E-state index contributed by atoms with van der Waals surface area (Å²) in [6, 6.07) is 5.73. The molecule has 21 heavy (non-hydrogen) atoms. The summed E-state index contributed by atoms with van der Waals surface area (Å²) in [5, 5.41) is 0.240. The molecule has 0 aliphatic carbocycles. The molecule has 0 spiro atoms. The Morgan fingerprint density at radius 3 is 2.67 bits per heavy atom. The number of nitrogens with one attached hydrogen (secondary N) is 3. The van der Waals surface area contributed by atoms with Crippen LogP contribution in [0.3, 0.4) is 0 Å². The standard InChI is InChI=1S/C12H9ClN4O3S/c13-8-3-4-14-6-11(8)17-21(19,20)7-1-2-9-10(5-7)16-12(18)15-9/h1-6,17H,(H2,15,16,18). The highest BCUT2D eigenvalue weighted by molar-refractivity contribution is 7.92. The van der Waals surface area contributed by atoms with E-state index in [4.69, 9.17) is 11.6 Å². The summed E-state index contributed by atoms with van der Waals surface area (Å²) in [5.74, 6) is 0. The van der Waals surface area contributed by atoms with E-state index in [1.807, 2.05) is 0 Å². The highest BCUT2D eigenvalue weighted by Crippen LogP contribution is 2.23. The van der Waals surface area contributed by atoms with Crippen molar-refractivity contribution in [1.82, 2.24) is 15.0 Å². The normalized spacial score (nSPS) is 11.7. The molecule has 0 aliphatic rings. The first-order chi connectivity index (χ1) is 9.95. The predicted molar refractivity (Wildman–Crippen MR) is 79.0 cm³/mol. The van der Waals surface area contributed by atoms with Crippen molar-refractivity contribution in [2.45, 2.75) is 4.90 Å². The lowest BCUT2D eigenvalue weighted by molar-refractivity contribution is 0.601. The summed E-state index contributed by atoms with van der Waals surface area (Å²) < 4.78 is 27.0. The number of hydrogen-bond donors (Lipinski definition) is 3. The van der Waals surface area contributed by atoms with E-state index in [1.165, 1.54) is 36.7 Å². The molecule has 0 fully saturated rings. The van der Waals surface area contributed by atoms with Gasteiger partial charge in [-0.05, 0) is 24.3 Å². The lowest BCUT2D eigenvalue weighted by Crippen LogP contribution is -2.13. The van der Waals surface area contributed by atoms with Gasteiger partial charge in [0.15, 0.2) is 0 Å². The minimum Gasteiger partial charge on any atom is -0.306 e. The third-order valence-corrected chi connectivity index (χ3v) is 4.50. The van der Waals surface area contributed by atoms with Gasteiger partial charge in [0, 0.05) is 6.20 Å². The summed E-state index contributed by atoms with van der Waals surface area (Å²) in [6.07, 6.45) is 2.77. The summed E-state index contributed by atoms with van der Waals surface area (Å²) in [4.78, 5) is 20.0. The van der Waals surface area contributed by atoms with Gasteiger partial charge in [0.1, 0.15) is 0 Å². The number of benzene rings is 1. The Morgan fingerprint density at radius 1 is 1.14 bits per heavy atom. The van der Waals surface area contributed by atoms with Gasteiger partial charge in [0.05, 0.1) is 32.8 Å². The predicted octanol–water partition coefficient (Wildman–Crippen LogP) is 1.71. The fourth-order valence-electron chi connectivity index (χ4n) is 1.84. The van der Waals surface area contributed by atoms with Crippen molar-refractivity contribution in [2.75, 3.05) is 4.72 Å². The number of imidazole rings is 1. The van der Waals surface area contributed by atoms with E-state index in [-0.39, 0.29) is 15.6 Å². The quantitative estimate of drug-likeness (QED) is 0.681. The van der Waals surface area contributed by atoms with Gasteiger partial charge in [-0.1, -0.05) is 11.6 Å². The second kappa shape index (κ2) is 4.90. The van der Waals surface area contributed by atoms with Gasteiger partial charge in [0.2, 0.25) is 0 Å². The average Bonchev–Trinajstić information content (AvgIpc) is 2.80. The van der Waals surface area contributed by atoms with E-state index in [1.54, 1.807) is 0 Å². The Balaban J connectivity index is 2.03. The Bertz CT molecular complexity index is 977. The number of anilines is 1. The molecule has 0 saturated carbocycles. The lowest BCUT2D eigenvalue weighted by atomic mass is 10.3. The van der Waals surface area contributed by atoms with Crippen molar-refractivity contribution in [1.29, 1.82) is 0 Å². The van der Waals surface area contributed by atoms with E-state index in [2.05, 4.69) is 19.7 Å². The summed E-state index contributed by atoms with van der Waals surface area (Å²) in [7, 11) is -3.83. The molecule has 3 N–H and O–H groups in total. The molecule has 1 aromatic carbocycles. The maximum absolute atomic E-state index is 12.3. The molecule has 0 radical (unpaired) electrons. The summed E-state index contributed by atoms with van der Waals surface area (Å²) in [6.45, 7) is 0. The maximum atomic E-state index is 12.3. The second-order valence-electron chi connectivity index (χ2n) is 4.25. The van der Waals surface area contributed by atoms with E-state index in [0.717, 1.165) is 0 Å². The molecular weight excluding hydrogens is 316 g/mol. The fourth-order valence-corrected chi connectivity index (χ4v) is 3.13. The zero-order valence-corrected chi connectivity index (χ0v) is 12.0. The van der Waals surface area contributed by atoms with Crippen LogP contribution in [0.4, 0.5) is 5.69 Å². The fraction of sp³-hybridized carbons (Fsp3) is 0. The van der Waals surface area contributed by atoms with Crippen LogP contribution in [0.2, 0.25) is 5.02 Å². The van der Waals surface area contributed by atoms with Crippen molar-refractivity contribution in [2.24, 2.45) is 0 Å². The summed E-state index contributed by atoms with van der Waals surface area (Å²) >= 11 is 5.90. The molecule has 108 valence electrons. The van der Waals surface area contributed by atoms with Crippen LogP contribution in [-0.4, -0.2) is 23.4 Å². The van der Waals surface area contributed by atoms with Crippen LogP contribution in [0, 0.1) is 0 Å². The number of H-pyrrole nitrogens is 2. The number of sulfonamides is 1. The number of pyridine rings is 1. The van der Waals surface area contributed by atoms with Crippen LogP contribution in [-0.2, 0) is 10.0 Å². The van der Waals surface area contributed by atoms with Crippen LogP contribution < -0.4 is 10.4 Å². The average molecular weight is 325 g/mol. The molecule has 2 heterocycles. The number of aromatic nitrogens is 3. The van der Waals surface area contributed by atoms with Crippen molar-refractivity contribution in [3.8, 4) is 0 Å². The smallest absolute Gasteiger partial charge is 0.306 e. The minimum atomic E-state index is -3.83. The Hall–Kier alpha value is -2.32. The lowest BCUT2D eigenvalue weighted by Gasteiger charge is -2.08. The second-order valence-corrected chi connectivity index (χ2v) is 6.34. The van der Waals surface area contributed by atoms with Gasteiger partial charge < -0.3 is 9.97 Å². The molecule has 0 saturated heterocycles. The van der Waals surface area contributed by atoms with E-state index < -0.39 is 15.7 Å². The zero-order chi connectivity index (χ0) is 15.0. The van der Waals surface area contributed by atoms with Gasteiger partial charge in [0.25, 0.3) is 10.0 Å².